The number of carbonyl (C=O) groups is 1. The van der Waals surface area contributed by atoms with Crippen molar-refractivity contribution in [1.82, 2.24) is 4.57 Å². The lowest BCUT2D eigenvalue weighted by Crippen LogP contribution is -2.27. The summed E-state index contributed by atoms with van der Waals surface area (Å²) in [5.41, 5.74) is 9.00. The van der Waals surface area contributed by atoms with Crippen LogP contribution in [0.4, 0.5) is 5.69 Å². The van der Waals surface area contributed by atoms with Gasteiger partial charge in [-0.25, -0.2) is 4.79 Å². The predicted molar refractivity (Wildman–Crippen MR) is 174 cm³/mol. The van der Waals surface area contributed by atoms with Gasteiger partial charge >= 0.3 is 5.97 Å². The molecule has 234 valence electrons. The smallest absolute Gasteiger partial charge is 0.355 e. The van der Waals surface area contributed by atoms with Gasteiger partial charge < -0.3 is 34.5 Å². The quantitative estimate of drug-likeness (QED) is 0.150. The van der Waals surface area contributed by atoms with Crippen molar-refractivity contribution in [2.75, 3.05) is 34.2 Å². The molecule has 0 aliphatic heterocycles. The number of nitrogen functional groups attached to an aromatic ring is 1. The van der Waals surface area contributed by atoms with E-state index >= 15 is 0 Å². The van der Waals surface area contributed by atoms with Crippen LogP contribution in [-0.4, -0.2) is 44.1 Å². The molecule has 0 aliphatic carbocycles. The molecule has 10 nitrogen and oxygen atoms in total. The summed E-state index contributed by atoms with van der Waals surface area (Å²) in [5, 5.41) is 10.1. The summed E-state index contributed by atoms with van der Waals surface area (Å²) in [4.78, 5) is 27.8. The molecule has 0 saturated heterocycles. The molecule has 0 saturated carbocycles. The fourth-order valence-corrected chi connectivity index (χ4v) is 5.05. The number of pyridine rings is 1. The maximum Gasteiger partial charge on any atom is 0.355 e. The van der Waals surface area contributed by atoms with Gasteiger partial charge in [-0.05, 0) is 76.7 Å². The molecule has 5 rings (SSSR count). The highest BCUT2D eigenvalue weighted by atomic mass is 35.5. The van der Waals surface area contributed by atoms with Crippen LogP contribution < -0.4 is 30.2 Å². The number of ether oxygens (including phenoxy) is 5. The maximum atomic E-state index is 14.3. The Morgan fingerprint density at radius 3 is 1.98 bits per heavy atom. The van der Waals surface area contributed by atoms with Crippen molar-refractivity contribution in [2.24, 2.45) is 0 Å². The van der Waals surface area contributed by atoms with Crippen LogP contribution in [0.5, 0.6) is 23.0 Å². The van der Waals surface area contributed by atoms with Crippen molar-refractivity contribution in [2.45, 2.75) is 13.2 Å². The van der Waals surface area contributed by atoms with Crippen LogP contribution in [0.3, 0.4) is 0 Å². The summed E-state index contributed by atoms with van der Waals surface area (Å²) in [7, 11) is 5.75. The minimum absolute atomic E-state index is 0. The van der Waals surface area contributed by atoms with Crippen LogP contribution in [0.15, 0.2) is 83.7 Å². The number of rotatable bonds is 10. The molecule has 0 radical (unpaired) electrons. The molecule has 0 atom stereocenters. The minimum atomic E-state index is -0.726. The number of hydrogen-bond acceptors (Lipinski definition) is 9. The van der Waals surface area contributed by atoms with Crippen LogP contribution >= 0.6 is 12.4 Å². The second-order valence-corrected chi connectivity index (χ2v) is 9.83. The first kappa shape index (κ1) is 32.7. The largest absolute Gasteiger partial charge is 0.493 e. The Morgan fingerprint density at radius 2 is 1.42 bits per heavy atom. The van der Waals surface area contributed by atoms with E-state index in [0.717, 1.165) is 11.1 Å². The number of nitrogens with zero attached hydrogens (tertiary/aromatic N) is 1. The van der Waals surface area contributed by atoms with Crippen LogP contribution in [0.1, 0.15) is 21.6 Å². The van der Waals surface area contributed by atoms with Crippen molar-refractivity contribution in [3.8, 4) is 39.8 Å². The monoisotopic (exact) mass is 632 g/mol. The first-order valence-electron chi connectivity index (χ1n) is 13.6. The number of halogens is 1. The molecule has 1 heterocycles. The van der Waals surface area contributed by atoms with Gasteiger partial charge in [0.2, 0.25) is 5.75 Å². The molecular formula is C34H33ClN2O8. The standard InChI is InChI=1S/C34H32N2O8.ClH/c1-40-28-15-22(16-29(41-2)32(28)42-3)30-26-14-13-25(44-19-21-7-5-20(18-37)6-8-21)17-27(26)33(38)36(31(30)34(39)43-4)24-11-9-23(35)10-12-24;/h5-17,37H,18-19,35H2,1-4H3;1H. The summed E-state index contributed by atoms with van der Waals surface area (Å²) >= 11 is 0. The number of anilines is 1. The van der Waals surface area contributed by atoms with Crippen LogP contribution in [-0.2, 0) is 18.0 Å². The Balaban J connectivity index is 0.00000461. The van der Waals surface area contributed by atoms with Crippen molar-refractivity contribution in [3.05, 3.63) is 106 Å². The van der Waals surface area contributed by atoms with E-state index in [0.29, 0.717) is 56.3 Å². The second kappa shape index (κ2) is 14.1. The molecule has 0 unspecified atom stereocenters. The Morgan fingerprint density at radius 1 is 0.800 bits per heavy atom. The highest BCUT2D eigenvalue weighted by Crippen LogP contribution is 2.44. The molecule has 0 spiro atoms. The van der Waals surface area contributed by atoms with E-state index in [1.807, 2.05) is 24.3 Å². The molecule has 0 aliphatic rings. The zero-order chi connectivity index (χ0) is 31.4. The lowest BCUT2D eigenvalue weighted by Gasteiger charge is -2.21. The molecule has 0 fully saturated rings. The van der Waals surface area contributed by atoms with E-state index in [2.05, 4.69) is 0 Å². The normalized spacial score (nSPS) is 10.6. The number of aliphatic hydroxyl groups is 1. The SMILES string of the molecule is COC(=O)c1c(-c2cc(OC)c(OC)c(OC)c2)c2ccc(OCc3ccc(CO)cc3)cc2c(=O)n1-c1ccc(N)cc1.Cl. The molecular weight excluding hydrogens is 600 g/mol. The molecule has 4 aromatic carbocycles. The lowest BCUT2D eigenvalue weighted by molar-refractivity contribution is 0.0591. The van der Waals surface area contributed by atoms with Crippen molar-refractivity contribution < 1.29 is 33.6 Å². The number of carbonyl (C=O) groups excluding carboxylic acids is 1. The van der Waals surface area contributed by atoms with E-state index in [4.69, 9.17) is 29.4 Å². The molecule has 5 aromatic rings. The summed E-state index contributed by atoms with van der Waals surface area (Å²) in [6, 6.07) is 22.5. The van der Waals surface area contributed by atoms with Gasteiger partial charge in [0, 0.05) is 16.9 Å². The van der Waals surface area contributed by atoms with Crippen molar-refractivity contribution in [3.63, 3.8) is 0 Å². The fraction of sp³-hybridized carbons (Fsp3) is 0.176. The van der Waals surface area contributed by atoms with Crippen molar-refractivity contribution >= 4 is 34.8 Å². The molecule has 0 amide bonds. The lowest BCUT2D eigenvalue weighted by atomic mass is 9.95. The molecule has 0 bridgehead atoms. The van der Waals surface area contributed by atoms with E-state index in [1.54, 1.807) is 54.6 Å². The van der Waals surface area contributed by atoms with Crippen LogP contribution in [0, 0.1) is 0 Å². The highest BCUT2D eigenvalue weighted by molar-refractivity contribution is 6.08. The van der Waals surface area contributed by atoms with Gasteiger partial charge in [-0.2, -0.15) is 0 Å². The predicted octanol–water partition coefficient (Wildman–Crippen LogP) is 5.55. The second-order valence-electron chi connectivity index (χ2n) is 9.83. The Kier molecular flexibility index (Phi) is 10.2. The zero-order valence-electron chi connectivity index (χ0n) is 25.2. The number of aliphatic hydroxyl groups excluding tert-OH is 1. The molecule has 11 heteroatoms. The van der Waals surface area contributed by atoms with Gasteiger partial charge in [-0.15, -0.1) is 12.4 Å². The van der Waals surface area contributed by atoms with E-state index in [-0.39, 0.29) is 31.3 Å². The topological polar surface area (TPSA) is 131 Å². The number of methoxy groups -OCH3 is 4. The highest BCUT2D eigenvalue weighted by Gasteiger charge is 2.27. The van der Waals surface area contributed by atoms with Gasteiger partial charge in [-0.1, -0.05) is 24.3 Å². The number of fused-ring (bicyclic) bond motifs is 1. The molecule has 45 heavy (non-hydrogen) atoms. The number of hydrogen-bond donors (Lipinski definition) is 2. The van der Waals surface area contributed by atoms with Crippen LogP contribution in [0.2, 0.25) is 0 Å². The van der Waals surface area contributed by atoms with E-state index in [9.17, 15) is 14.7 Å². The fourth-order valence-electron chi connectivity index (χ4n) is 5.05. The molecule has 1 aromatic heterocycles. The Hall–Kier alpha value is -5.19. The van der Waals surface area contributed by atoms with Crippen molar-refractivity contribution in [1.29, 1.82) is 0 Å². The van der Waals surface area contributed by atoms with Crippen LogP contribution in [0.25, 0.3) is 27.6 Å². The van der Waals surface area contributed by atoms with Gasteiger partial charge in [0.05, 0.1) is 40.4 Å². The average molecular weight is 633 g/mol. The van der Waals surface area contributed by atoms with Gasteiger partial charge in [0.15, 0.2) is 11.5 Å². The maximum absolute atomic E-state index is 14.3. The van der Waals surface area contributed by atoms with E-state index < -0.39 is 11.5 Å². The number of esters is 1. The summed E-state index contributed by atoms with van der Waals surface area (Å²) in [6.45, 7) is 0.192. The Bertz CT molecular complexity index is 1860. The summed E-state index contributed by atoms with van der Waals surface area (Å²) < 4.78 is 29.3. The third kappa shape index (κ3) is 6.38. The molecule has 3 N–H and O–H groups in total. The van der Waals surface area contributed by atoms with E-state index in [1.165, 1.54) is 33.0 Å². The zero-order valence-corrected chi connectivity index (χ0v) is 26.0. The number of aromatic nitrogens is 1. The summed E-state index contributed by atoms with van der Waals surface area (Å²) in [6.07, 6.45) is 0. The van der Waals surface area contributed by atoms with Gasteiger partial charge in [0.25, 0.3) is 5.56 Å². The summed E-state index contributed by atoms with van der Waals surface area (Å²) in [5.74, 6) is 0.825. The third-order valence-corrected chi connectivity index (χ3v) is 7.25. The minimum Gasteiger partial charge on any atom is -0.493 e. The van der Waals surface area contributed by atoms with Gasteiger partial charge in [-0.3, -0.25) is 9.36 Å². The Labute approximate surface area is 265 Å². The van der Waals surface area contributed by atoms with Gasteiger partial charge in [0.1, 0.15) is 18.1 Å². The first-order valence-corrected chi connectivity index (χ1v) is 13.6. The third-order valence-electron chi connectivity index (χ3n) is 7.25. The average Bonchev–Trinajstić information content (AvgIpc) is 3.06. The number of nitrogens with two attached hydrogens (primary N) is 1. The number of benzene rings is 4. The first-order chi connectivity index (χ1) is 21.3.